The minimum absolute atomic E-state index is 0.153. The largest absolute Gasteiger partial charge is 0.394 e. The zero-order chi connectivity index (χ0) is 25.3. The molecule has 0 unspecified atom stereocenters. The van der Waals surface area contributed by atoms with Crippen molar-refractivity contribution < 1.29 is 20.1 Å². The van der Waals surface area contributed by atoms with Crippen molar-refractivity contribution in [3.63, 3.8) is 0 Å². The lowest BCUT2D eigenvalue weighted by molar-refractivity contribution is -0.124. The Balaban J connectivity index is 3.73. The van der Waals surface area contributed by atoms with Gasteiger partial charge in [0.25, 0.3) is 0 Å². The van der Waals surface area contributed by atoms with Gasteiger partial charge in [-0.2, -0.15) is 0 Å². The fraction of sp³-hybridized carbons (Fsp3) is 0.966. The van der Waals surface area contributed by atoms with Gasteiger partial charge in [-0.15, -0.1) is 0 Å². The standard InChI is InChI=1S/C29H59NO4/c1-3-5-7-9-11-12-13-14-15-16-18-19-21-23-27(32)29(34)26(25-31)30-28(33)24-22-20-17-10-8-6-4-2/h26-27,29,31-32,34H,3-25H2,1-2H3,(H,30,33)/t26-,27+,29-/m0/s1. The van der Waals surface area contributed by atoms with Crippen LogP contribution in [0, 0.1) is 0 Å². The van der Waals surface area contributed by atoms with Gasteiger partial charge in [0, 0.05) is 6.42 Å². The van der Waals surface area contributed by atoms with Crippen molar-refractivity contribution in [3.05, 3.63) is 0 Å². The van der Waals surface area contributed by atoms with Crippen LogP contribution in [0.1, 0.15) is 155 Å². The molecule has 0 aromatic rings. The van der Waals surface area contributed by atoms with Gasteiger partial charge < -0.3 is 20.6 Å². The Bertz CT molecular complexity index is 432. The Hall–Kier alpha value is -0.650. The van der Waals surface area contributed by atoms with Crippen LogP contribution >= 0.6 is 0 Å². The predicted octanol–water partition coefficient (Wildman–Crippen LogP) is 6.81. The van der Waals surface area contributed by atoms with Gasteiger partial charge in [0.2, 0.25) is 5.91 Å². The quantitative estimate of drug-likeness (QED) is 0.101. The van der Waals surface area contributed by atoms with Crippen molar-refractivity contribution in [2.45, 2.75) is 173 Å². The summed E-state index contributed by atoms with van der Waals surface area (Å²) in [5, 5.41) is 33.0. The summed E-state index contributed by atoms with van der Waals surface area (Å²) >= 11 is 0. The Morgan fingerprint density at radius 2 is 1.00 bits per heavy atom. The van der Waals surface area contributed by atoms with Crippen molar-refractivity contribution in [3.8, 4) is 0 Å². The minimum atomic E-state index is -1.12. The first kappa shape index (κ1) is 33.4. The van der Waals surface area contributed by atoms with Crippen molar-refractivity contribution in [2.75, 3.05) is 6.61 Å². The first-order chi connectivity index (χ1) is 16.6. The first-order valence-electron chi connectivity index (χ1n) is 14.8. The number of aliphatic hydroxyl groups excluding tert-OH is 3. The SMILES string of the molecule is CCCCCCCCCCCCCCC[C@@H](O)[C@@H](O)[C@H](CO)NC(=O)CCCCCCCCC. The van der Waals surface area contributed by atoms with Gasteiger partial charge >= 0.3 is 0 Å². The van der Waals surface area contributed by atoms with Crippen LogP contribution < -0.4 is 5.32 Å². The maximum Gasteiger partial charge on any atom is 0.220 e. The number of carbonyl (C=O) groups excluding carboxylic acids is 1. The lowest BCUT2D eigenvalue weighted by Gasteiger charge is -2.26. The van der Waals surface area contributed by atoms with Gasteiger partial charge in [0.05, 0.1) is 18.8 Å². The Kier molecular flexibility index (Phi) is 25.0. The topological polar surface area (TPSA) is 89.8 Å². The molecule has 0 heterocycles. The predicted molar refractivity (Wildman–Crippen MR) is 144 cm³/mol. The van der Waals surface area contributed by atoms with Crippen LogP contribution in [-0.2, 0) is 4.79 Å². The number of aliphatic hydroxyl groups is 3. The number of unbranched alkanes of at least 4 members (excludes halogenated alkanes) is 18. The van der Waals surface area contributed by atoms with E-state index in [0.717, 1.165) is 38.5 Å². The minimum Gasteiger partial charge on any atom is -0.394 e. The van der Waals surface area contributed by atoms with Crippen LogP contribution in [0.25, 0.3) is 0 Å². The maximum atomic E-state index is 12.1. The monoisotopic (exact) mass is 485 g/mol. The molecule has 0 radical (unpaired) electrons. The summed E-state index contributed by atoms with van der Waals surface area (Å²) in [7, 11) is 0. The number of hydrogen-bond acceptors (Lipinski definition) is 4. The average molecular weight is 486 g/mol. The Morgan fingerprint density at radius 1 is 0.618 bits per heavy atom. The molecule has 5 heteroatoms. The highest BCUT2D eigenvalue weighted by Gasteiger charge is 2.26. The summed E-state index contributed by atoms with van der Waals surface area (Å²) in [6, 6.07) is -0.797. The van der Waals surface area contributed by atoms with Gasteiger partial charge in [-0.1, -0.05) is 136 Å². The number of nitrogens with one attached hydrogen (secondary N) is 1. The van der Waals surface area contributed by atoms with E-state index in [2.05, 4.69) is 19.2 Å². The molecule has 0 rings (SSSR count). The summed E-state index contributed by atoms with van der Waals surface area (Å²) in [6.45, 7) is 4.10. The number of rotatable bonds is 26. The maximum absolute atomic E-state index is 12.1. The van der Waals surface area contributed by atoms with Crippen molar-refractivity contribution in [1.29, 1.82) is 0 Å². The summed E-state index contributed by atoms with van der Waals surface area (Å²) < 4.78 is 0. The molecule has 34 heavy (non-hydrogen) atoms. The number of amides is 1. The highest BCUT2D eigenvalue weighted by atomic mass is 16.3. The molecular weight excluding hydrogens is 426 g/mol. The summed E-state index contributed by atoms with van der Waals surface area (Å²) in [5.41, 5.74) is 0. The highest BCUT2D eigenvalue weighted by Crippen LogP contribution is 2.15. The molecule has 4 N–H and O–H groups in total. The first-order valence-corrected chi connectivity index (χ1v) is 14.8. The molecule has 0 aliphatic rings. The Labute approximate surface area is 211 Å². The average Bonchev–Trinajstić information content (AvgIpc) is 2.84. The highest BCUT2D eigenvalue weighted by molar-refractivity contribution is 5.76. The number of carbonyl (C=O) groups is 1. The van der Waals surface area contributed by atoms with E-state index in [-0.39, 0.29) is 12.5 Å². The summed E-state index contributed by atoms with van der Waals surface area (Å²) in [5.74, 6) is -0.153. The molecule has 0 aliphatic carbocycles. The molecule has 0 aliphatic heterocycles. The molecule has 1 amide bonds. The van der Waals surface area contributed by atoms with Crippen molar-refractivity contribution in [1.82, 2.24) is 5.32 Å². The van der Waals surface area contributed by atoms with Gasteiger partial charge in [-0.05, 0) is 12.8 Å². The third kappa shape index (κ3) is 20.7. The lowest BCUT2D eigenvalue weighted by atomic mass is 9.99. The Morgan fingerprint density at radius 3 is 1.41 bits per heavy atom. The molecule has 0 spiro atoms. The smallest absolute Gasteiger partial charge is 0.220 e. The van der Waals surface area contributed by atoms with Crippen LogP contribution in [0.5, 0.6) is 0 Å². The fourth-order valence-corrected chi connectivity index (χ4v) is 4.57. The molecule has 0 fully saturated rings. The van der Waals surface area contributed by atoms with Crippen molar-refractivity contribution in [2.24, 2.45) is 0 Å². The molecule has 0 aromatic heterocycles. The zero-order valence-corrected chi connectivity index (χ0v) is 22.7. The summed E-state index contributed by atoms with van der Waals surface area (Å²) in [6.07, 6.45) is 23.4. The second-order valence-electron chi connectivity index (χ2n) is 10.3. The third-order valence-corrected chi connectivity index (χ3v) is 6.96. The van der Waals surface area contributed by atoms with Crippen LogP contribution in [0.4, 0.5) is 0 Å². The van der Waals surface area contributed by atoms with E-state index in [0.29, 0.717) is 12.8 Å². The van der Waals surface area contributed by atoms with E-state index in [1.807, 2.05) is 0 Å². The van der Waals surface area contributed by atoms with Crippen molar-refractivity contribution >= 4 is 5.91 Å². The van der Waals surface area contributed by atoms with Crippen LogP contribution in [0.3, 0.4) is 0 Å². The van der Waals surface area contributed by atoms with Gasteiger partial charge in [0.15, 0.2) is 0 Å². The molecule has 0 bridgehead atoms. The molecule has 5 nitrogen and oxygen atoms in total. The van der Waals surface area contributed by atoms with E-state index in [1.54, 1.807) is 0 Å². The molecular formula is C29H59NO4. The summed E-state index contributed by atoms with van der Waals surface area (Å²) in [4.78, 5) is 12.1. The second-order valence-corrected chi connectivity index (χ2v) is 10.3. The van der Waals surface area contributed by atoms with Gasteiger partial charge in [0.1, 0.15) is 6.10 Å². The fourth-order valence-electron chi connectivity index (χ4n) is 4.57. The lowest BCUT2D eigenvalue weighted by Crippen LogP contribution is -2.50. The third-order valence-electron chi connectivity index (χ3n) is 6.96. The molecule has 204 valence electrons. The zero-order valence-electron chi connectivity index (χ0n) is 22.7. The normalized spacial score (nSPS) is 14.1. The van der Waals surface area contributed by atoms with E-state index >= 15 is 0 Å². The van der Waals surface area contributed by atoms with E-state index < -0.39 is 18.2 Å². The van der Waals surface area contributed by atoms with E-state index in [9.17, 15) is 20.1 Å². The molecule has 0 saturated carbocycles. The van der Waals surface area contributed by atoms with E-state index in [1.165, 1.54) is 89.9 Å². The van der Waals surface area contributed by atoms with Crippen LogP contribution in [0.15, 0.2) is 0 Å². The molecule has 0 aromatic carbocycles. The second kappa shape index (κ2) is 25.4. The van der Waals surface area contributed by atoms with E-state index in [4.69, 9.17) is 0 Å². The molecule has 0 saturated heterocycles. The molecule has 3 atom stereocenters. The number of hydrogen-bond donors (Lipinski definition) is 4. The van der Waals surface area contributed by atoms with Gasteiger partial charge in [-0.25, -0.2) is 0 Å². The van der Waals surface area contributed by atoms with Gasteiger partial charge in [-0.3, -0.25) is 4.79 Å². The van der Waals surface area contributed by atoms with Crippen LogP contribution in [0.2, 0.25) is 0 Å². The van der Waals surface area contributed by atoms with Crippen LogP contribution in [-0.4, -0.2) is 46.1 Å².